The Kier molecular flexibility index (Phi) is 14.2. The summed E-state index contributed by atoms with van der Waals surface area (Å²) < 4.78 is 16.5. The van der Waals surface area contributed by atoms with E-state index >= 15 is 0 Å². The van der Waals surface area contributed by atoms with E-state index in [2.05, 4.69) is 9.72 Å². The van der Waals surface area contributed by atoms with Gasteiger partial charge in [0.25, 0.3) is 0 Å². The van der Waals surface area contributed by atoms with Gasteiger partial charge in [0.15, 0.2) is 6.23 Å². The Bertz CT molecular complexity index is 878. The van der Waals surface area contributed by atoms with Crippen molar-refractivity contribution < 1.29 is 34.0 Å². The number of unbranched alkanes of at least 4 members (excludes halogenated alkanes) is 11. The van der Waals surface area contributed by atoms with Crippen LogP contribution in [-0.2, 0) is 23.8 Å². The van der Waals surface area contributed by atoms with Gasteiger partial charge in [0.05, 0.1) is 7.11 Å². The molecule has 0 aromatic carbocycles. The normalized spacial score (nSPS) is 21.2. The van der Waals surface area contributed by atoms with E-state index in [9.17, 15) is 24.6 Å². The first kappa shape index (κ1) is 30.7. The van der Waals surface area contributed by atoms with Gasteiger partial charge in [0.2, 0.25) is 0 Å². The van der Waals surface area contributed by atoms with Crippen LogP contribution in [0.4, 0.5) is 5.82 Å². The highest BCUT2D eigenvalue weighted by Crippen LogP contribution is 2.28. The van der Waals surface area contributed by atoms with Crippen molar-refractivity contribution in [1.82, 2.24) is 9.55 Å². The lowest BCUT2D eigenvalue weighted by Crippen LogP contribution is -2.36. The Morgan fingerprint density at radius 2 is 1.43 bits per heavy atom. The molecular weight excluding hydrogens is 482 g/mol. The predicted molar refractivity (Wildman–Crippen MR) is 136 cm³/mol. The summed E-state index contributed by atoms with van der Waals surface area (Å²) in [5.74, 6) is -0.471. The van der Waals surface area contributed by atoms with Crippen LogP contribution in [0.2, 0.25) is 0 Å². The van der Waals surface area contributed by atoms with E-state index in [0.29, 0.717) is 6.42 Å². The Balaban J connectivity index is 1.46. The molecular formula is C26H43N3O8. The number of methoxy groups -OCH3 is 1. The molecule has 1 aromatic heterocycles. The molecule has 1 aliphatic rings. The molecule has 1 aromatic rings. The van der Waals surface area contributed by atoms with Crippen LogP contribution in [-0.4, -0.2) is 63.7 Å². The van der Waals surface area contributed by atoms with Gasteiger partial charge >= 0.3 is 17.6 Å². The van der Waals surface area contributed by atoms with Gasteiger partial charge in [0, 0.05) is 19.0 Å². The zero-order chi connectivity index (χ0) is 27.0. The molecule has 210 valence electrons. The van der Waals surface area contributed by atoms with E-state index in [4.69, 9.17) is 15.2 Å². The highest BCUT2D eigenvalue weighted by atomic mass is 16.6. The van der Waals surface area contributed by atoms with Crippen molar-refractivity contribution in [2.45, 2.75) is 114 Å². The van der Waals surface area contributed by atoms with Crippen LogP contribution >= 0.6 is 0 Å². The molecule has 0 radical (unpaired) electrons. The van der Waals surface area contributed by atoms with Gasteiger partial charge in [-0.15, -0.1) is 0 Å². The van der Waals surface area contributed by atoms with Gasteiger partial charge in [0.1, 0.15) is 30.7 Å². The number of ether oxygens (including phenoxy) is 3. The van der Waals surface area contributed by atoms with Gasteiger partial charge in [-0.1, -0.05) is 64.2 Å². The first-order valence-electron chi connectivity index (χ1n) is 13.4. The number of nitrogens with two attached hydrogens (primary N) is 1. The van der Waals surface area contributed by atoms with E-state index in [-0.39, 0.29) is 30.8 Å². The number of nitrogens with zero attached hydrogens (tertiary/aromatic N) is 2. The molecule has 11 heteroatoms. The number of hydrogen-bond donors (Lipinski definition) is 3. The molecule has 11 nitrogen and oxygen atoms in total. The van der Waals surface area contributed by atoms with Gasteiger partial charge in [-0.25, -0.2) is 4.79 Å². The molecule has 2 heterocycles. The minimum atomic E-state index is -1.37. The van der Waals surface area contributed by atoms with E-state index in [1.807, 2.05) is 0 Å². The number of rotatable bonds is 18. The summed E-state index contributed by atoms with van der Waals surface area (Å²) in [6, 6.07) is 1.39. The smallest absolute Gasteiger partial charge is 0.351 e. The topological polar surface area (TPSA) is 163 Å². The minimum absolute atomic E-state index is 0.0385. The highest BCUT2D eigenvalue weighted by molar-refractivity contribution is 5.69. The van der Waals surface area contributed by atoms with Gasteiger partial charge in [-0.05, 0) is 18.9 Å². The third-order valence-corrected chi connectivity index (χ3v) is 6.61. The lowest BCUT2D eigenvalue weighted by molar-refractivity contribution is -0.150. The van der Waals surface area contributed by atoms with Crippen LogP contribution in [0.5, 0.6) is 0 Å². The third kappa shape index (κ3) is 11.2. The molecule has 2 rings (SSSR count). The van der Waals surface area contributed by atoms with Crippen LogP contribution in [0.25, 0.3) is 0 Å². The molecule has 1 saturated heterocycles. The van der Waals surface area contributed by atoms with Crippen LogP contribution < -0.4 is 11.4 Å². The summed E-state index contributed by atoms with van der Waals surface area (Å²) in [6.07, 6.45) is 10.5. The fourth-order valence-electron chi connectivity index (χ4n) is 4.37. The first-order valence-corrected chi connectivity index (χ1v) is 13.4. The molecule has 1 aliphatic heterocycles. The number of carbonyl (C=O) groups excluding carboxylic acids is 2. The zero-order valence-corrected chi connectivity index (χ0v) is 21.9. The quantitative estimate of drug-likeness (QED) is 0.192. The molecule has 1 fully saturated rings. The number of aliphatic hydroxyl groups excluding tert-OH is 2. The maximum absolute atomic E-state index is 12.1. The van der Waals surface area contributed by atoms with Crippen molar-refractivity contribution >= 4 is 17.8 Å². The molecule has 4 N–H and O–H groups in total. The number of esters is 2. The fourth-order valence-corrected chi connectivity index (χ4v) is 4.37. The molecule has 0 unspecified atom stereocenters. The second-order valence-corrected chi connectivity index (χ2v) is 9.59. The van der Waals surface area contributed by atoms with E-state index in [1.54, 1.807) is 0 Å². The van der Waals surface area contributed by atoms with Crippen molar-refractivity contribution in [3.8, 4) is 0 Å². The number of aliphatic hydroxyl groups is 2. The summed E-state index contributed by atoms with van der Waals surface area (Å²) in [6.45, 7) is -0.212. The Morgan fingerprint density at radius 3 is 1.95 bits per heavy atom. The monoisotopic (exact) mass is 525 g/mol. The zero-order valence-electron chi connectivity index (χ0n) is 21.9. The molecule has 0 saturated carbocycles. The number of hydrogen-bond acceptors (Lipinski definition) is 10. The summed E-state index contributed by atoms with van der Waals surface area (Å²) in [7, 11) is 1.42. The number of carbonyl (C=O) groups is 2. The molecule has 4 atom stereocenters. The van der Waals surface area contributed by atoms with Crippen LogP contribution in [0.3, 0.4) is 0 Å². The molecule has 0 spiro atoms. The van der Waals surface area contributed by atoms with Gasteiger partial charge in [-0.3, -0.25) is 14.2 Å². The SMILES string of the molecule is COC(=O)CCCCCCCCCCCCCCC(=O)OC[C@H]1O[C@@H](n2ccc(N)nc2=O)[C@@H](O)[C@@H]1O. The maximum Gasteiger partial charge on any atom is 0.351 e. The van der Waals surface area contributed by atoms with E-state index in [0.717, 1.165) is 43.1 Å². The largest absolute Gasteiger partial charge is 0.469 e. The second kappa shape index (κ2) is 17.1. The molecule has 0 bridgehead atoms. The predicted octanol–water partition coefficient (Wildman–Crippen LogP) is 2.62. The highest BCUT2D eigenvalue weighted by Gasteiger charge is 2.44. The molecule has 0 aliphatic carbocycles. The Hall–Kier alpha value is -2.50. The van der Waals surface area contributed by atoms with Crippen molar-refractivity contribution in [2.24, 2.45) is 0 Å². The molecule has 37 heavy (non-hydrogen) atoms. The lowest BCUT2D eigenvalue weighted by Gasteiger charge is -2.16. The van der Waals surface area contributed by atoms with E-state index < -0.39 is 30.2 Å². The fraction of sp³-hybridized carbons (Fsp3) is 0.769. The Morgan fingerprint density at radius 1 is 0.919 bits per heavy atom. The van der Waals surface area contributed by atoms with Gasteiger partial charge in [-0.2, -0.15) is 4.98 Å². The van der Waals surface area contributed by atoms with Crippen molar-refractivity contribution in [1.29, 1.82) is 0 Å². The van der Waals surface area contributed by atoms with E-state index in [1.165, 1.54) is 57.9 Å². The minimum Gasteiger partial charge on any atom is -0.469 e. The van der Waals surface area contributed by atoms with Crippen LogP contribution in [0, 0.1) is 0 Å². The average molecular weight is 526 g/mol. The number of anilines is 1. The first-order chi connectivity index (χ1) is 17.8. The Labute approximate surface area is 218 Å². The standard InChI is InChI=1S/C26H43N3O8/c1-35-21(30)14-12-10-8-6-4-2-3-5-7-9-11-13-15-22(31)36-18-19-23(32)24(33)25(37-19)29-17-16-20(27)28-26(29)34/h16-17,19,23-25,32-33H,2-15,18H2,1H3,(H2,27,28,34)/t19-,23-,24+,25-/m1/s1. The summed E-state index contributed by atoms with van der Waals surface area (Å²) >= 11 is 0. The average Bonchev–Trinajstić information content (AvgIpc) is 3.15. The second-order valence-electron chi connectivity index (χ2n) is 9.59. The summed E-state index contributed by atoms with van der Waals surface area (Å²) in [5.41, 5.74) is 4.76. The molecule has 0 amide bonds. The van der Waals surface area contributed by atoms with Crippen LogP contribution in [0.1, 0.15) is 96.1 Å². The van der Waals surface area contributed by atoms with Crippen LogP contribution in [0.15, 0.2) is 17.1 Å². The third-order valence-electron chi connectivity index (χ3n) is 6.61. The maximum atomic E-state index is 12.1. The van der Waals surface area contributed by atoms with Crippen molar-refractivity contribution in [3.05, 3.63) is 22.7 Å². The van der Waals surface area contributed by atoms with Crippen molar-refractivity contribution in [2.75, 3.05) is 19.5 Å². The van der Waals surface area contributed by atoms with Crippen molar-refractivity contribution in [3.63, 3.8) is 0 Å². The number of nitrogen functional groups attached to an aromatic ring is 1. The van der Waals surface area contributed by atoms with Gasteiger partial charge < -0.3 is 30.2 Å². The lowest BCUT2D eigenvalue weighted by atomic mass is 10.0. The number of aromatic nitrogens is 2. The summed E-state index contributed by atoms with van der Waals surface area (Å²) in [4.78, 5) is 38.7. The summed E-state index contributed by atoms with van der Waals surface area (Å²) in [5, 5.41) is 20.5.